The fourth-order valence-electron chi connectivity index (χ4n) is 2.48. The molecule has 1 aromatic heterocycles. The van der Waals surface area contributed by atoms with Gasteiger partial charge in [-0.1, -0.05) is 29.8 Å². The Morgan fingerprint density at radius 1 is 1.14 bits per heavy atom. The smallest absolute Gasteiger partial charge is 0.211 e. The molecular formula is C17H24N2O2S. The lowest BCUT2D eigenvalue weighted by atomic mass is 10.1. The predicted molar refractivity (Wildman–Crippen MR) is 90.2 cm³/mol. The second kappa shape index (κ2) is 6.67. The summed E-state index contributed by atoms with van der Waals surface area (Å²) >= 11 is 0. The maximum Gasteiger partial charge on any atom is 0.211 e. The third-order valence-corrected chi connectivity index (χ3v) is 5.12. The van der Waals surface area contributed by atoms with E-state index in [2.05, 4.69) is 35.8 Å². The van der Waals surface area contributed by atoms with Gasteiger partial charge in [-0.3, -0.25) is 0 Å². The highest BCUT2D eigenvalue weighted by molar-refractivity contribution is 7.88. The molecule has 0 N–H and O–H groups in total. The monoisotopic (exact) mass is 320 g/mol. The van der Waals surface area contributed by atoms with Gasteiger partial charge in [0.2, 0.25) is 10.0 Å². The Hall–Kier alpha value is -1.59. The first kappa shape index (κ1) is 16.8. The van der Waals surface area contributed by atoms with Crippen LogP contribution in [0, 0.1) is 6.92 Å². The largest absolute Gasteiger partial charge is 0.346 e. The lowest BCUT2D eigenvalue weighted by Crippen LogP contribution is -2.36. The SMILES string of the molecule is Cc1ccc(Cn2cccc2CN(C(C)C)S(C)(=O)=O)cc1. The molecule has 120 valence electrons. The Balaban J connectivity index is 2.20. The maximum atomic E-state index is 11.9. The van der Waals surface area contributed by atoms with E-state index in [-0.39, 0.29) is 6.04 Å². The molecule has 0 unspecified atom stereocenters. The molecule has 0 saturated carbocycles. The zero-order chi connectivity index (χ0) is 16.3. The van der Waals surface area contributed by atoms with Crippen LogP contribution in [-0.2, 0) is 23.1 Å². The molecule has 0 aliphatic carbocycles. The number of hydrogen-bond donors (Lipinski definition) is 0. The van der Waals surface area contributed by atoms with Crippen molar-refractivity contribution < 1.29 is 8.42 Å². The highest BCUT2D eigenvalue weighted by atomic mass is 32.2. The first-order chi connectivity index (χ1) is 10.3. The Kier molecular flexibility index (Phi) is 5.08. The third-order valence-electron chi connectivity index (χ3n) is 3.72. The van der Waals surface area contributed by atoms with E-state index in [0.29, 0.717) is 6.54 Å². The summed E-state index contributed by atoms with van der Waals surface area (Å²) in [5.74, 6) is 0. The summed E-state index contributed by atoms with van der Waals surface area (Å²) in [7, 11) is -3.22. The van der Waals surface area contributed by atoms with Crippen molar-refractivity contribution in [2.45, 2.75) is 39.9 Å². The molecule has 0 aliphatic rings. The van der Waals surface area contributed by atoms with Crippen LogP contribution in [0.25, 0.3) is 0 Å². The molecule has 1 aromatic carbocycles. The van der Waals surface area contributed by atoms with Crippen LogP contribution >= 0.6 is 0 Å². The Morgan fingerprint density at radius 3 is 2.32 bits per heavy atom. The van der Waals surface area contributed by atoms with Gasteiger partial charge >= 0.3 is 0 Å². The van der Waals surface area contributed by atoms with Crippen LogP contribution in [0.3, 0.4) is 0 Å². The lowest BCUT2D eigenvalue weighted by Gasteiger charge is -2.24. The molecule has 5 heteroatoms. The van der Waals surface area contributed by atoms with E-state index < -0.39 is 10.0 Å². The summed E-state index contributed by atoms with van der Waals surface area (Å²) < 4.78 is 27.5. The van der Waals surface area contributed by atoms with Crippen molar-refractivity contribution in [3.8, 4) is 0 Å². The number of sulfonamides is 1. The minimum Gasteiger partial charge on any atom is -0.346 e. The topological polar surface area (TPSA) is 42.3 Å². The zero-order valence-electron chi connectivity index (χ0n) is 13.7. The van der Waals surface area contributed by atoms with Crippen molar-refractivity contribution >= 4 is 10.0 Å². The summed E-state index contributed by atoms with van der Waals surface area (Å²) in [6.45, 7) is 7.01. The molecular weight excluding hydrogens is 296 g/mol. The van der Waals surface area contributed by atoms with Gasteiger partial charge in [-0.2, -0.15) is 4.31 Å². The molecule has 0 radical (unpaired) electrons. The summed E-state index contributed by atoms with van der Waals surface area (Å²) in [5, 5.41) is 0. The predicted octanol–water partition coefficient (Wildman–Crippen LogP) is 3.01. The van der Waals surface area contributed by atoms with Crippen LogP contribution in [0.4, 0.5) is 0 Å². The summed E-state index contributed by atoms with van der Waals surface area (Å²) in [5.41, 5.74) is 3.44. The number of benzene rings is 1. The van der Waals surface area contributed by atoms with Gasteiger partial charge in [0.1, 0.15) is 0 Å². The van der Waals surface area contributed by atoms with Crippen molar-refractivity contribution in [2.75, 3.05) is 6.26 Å². The van der Waals surface area contributed by atoms with E-state index in [1.54, 1.807) is 0 Å². The average Bonchev–Trinajstić information content (AvgIpc) is 2.84. The molecule has 0 atom stereocenters. The van der Waals surface area contributed by atoms with Crippen molar-refractivity contribution in [2.24, 2.45) is 0 Å². The van der Waals surface area contributed by atoms with E-state index in [0.717, 1.165) is 12.2 Å². The van der Waals surface area contributed by atoms with E-state index in [1.807, 2.05) is 32.2 Å². The molecule has 4 nitrogen and oxygen atoms in total. The number of aromatic nitrogens is 1. The van der Waals surface area contributed by atoms with Gasteiger partial charge in [-0.05, 0) is 38.5 Å². The van der Waals surface area contributed by atoms with Crippen molar-refractivity contribution in [1.29, 1.82) is 0 Å². The van der Waals surface area contributed by atoms with Gasteiger partial charge in [-0.25, -0.2) is 8.42 Å². The van der Waals surface area contributed by atoms with Crippen LogP contribution < -0.4 is 0 Å². The van der Waals surface area contributed by atoms with Crippen molar-refractivity contribution in [3.63, 3.8) is 0 Å². The molecule has 0 bridgehead atoms. The molecule has 0 aliphatic heterocycles. The second-order valence-electron chi connectivity index (χ2n) is 6.01. The third kappa shape index (κ3) is 4.21. The maximum absolute atomic E-state index is 11.9. The van der Waals surface area contributed by atoms with Gasteiger partial charge in [0.05, 0.1) is 12.8 Å². The van der Waals surface area contributed by atoms with Crippen molar-refractivity contribution in [3.05, 3.63) is 59.4 Å². The first-order valence-corrected chi connectivity index (χ1v) is 9.28. The minimum absolute atomic E-state index is 0.0577. The first-order valence-electron chi connectivity index (χ1n) is 7.44. The number of rotatable bonds is 6. The highest BCUT2D eigenvalue weighted by Crippen LogP contribution is 2.15. The molecule has 0 saturated heterocycles. The Labute approximate surface area is 133 Å². The Morgan fingerprint density at radius 2 is 1.77 bits per heavy atom. The summed E-state index contributed by atoms with van der Waals surface area (Å²) in [4.78, 5) is 0. The van der Waals surface area contributed by atoms with Gasteiger partial charge < -0.3 is 4.57 Å². The van der Waals surface area contributed by atoms with E-state index in [9.17, 15) is 8.42 Å². The standard InChI is InChI=1S/C17H24N2O2S/c1-14(2)19(22(4,20)21)13-17-6-5-11-18(17)12-16-9-7-15(3)8-10-16/h5-11,14H,12-13H2,1-4H3. The zero-order valence-corrected chi connectivity index (χ0v) is 14.5. The minimum atomic E-state index is -3.22. The van der Waals surface area contributed by atoms with Crippen LogP contribution in [-0.4, -0.2) is 29.6 Å². The van der Waals surface area contributed by atoms with E-state index in [1.165, 1.54) is 21.7 Å². The molecule has 0 amide bonds. The molecule has 1 heterocycles. The number of aryl methyl sites for hydroxylation is 1. The molecule has 22 heavy (non-hydrogen) atoms. The van der Waals surface area contributed by atoms with Crippen LogP contribution in [0.2, 0.25) is 0 Å². The Bertz CT molecular complexity index is 715. The van der Waals surface area contributed by atoms with E-state index >= 15 is 0 Å². The van der Waals surface area contributed by atoms with Gasteiger partial charge in [-0.15, -0.1) is 0 Å². The van der Waals surface area contributed by atoms with Gasteiger partial charge in [0.25, 0.3) is 0 Å². The molecule has 0 spiro atoms. The molecule has 0 fully saturated rings. The summed E-state index contributed by atoms with van der Waals surface area (Å²) in [6, 6.07) is 12.3. The lowest BCUT2D eigenvalue weighted by molar-refractivity contribution is 0.343. The van der Waals surface area contributed by atoms with Crippen LogP contribution in [0.5, 0.6) is 0 Å². The number of hydrogen-bond acceptors (Lipinski definition) is 2. The molecule has 2 rings (SSSR count). The summed E-state index contributed by atoms with van der Waals surface area (Å²) in [6.07, 6.45) is 3.26. The number of nitrogens with zero attached hydrogens (tertiary/aromatic N) is 2. The van der Waals surface area contributed by atoms with Crippen LogP contribution in [0.15, 0.2) is 42.6 Å². The van der Waals surface area contributed by atoms with Crippen molar-refractivity contribution in [1.82, 2.24) is 8.87 Å². The van der Waals surface area contributed by atoms with Gasteiger partial charge in [0, 0.05) is 24.5 Å². The highest BCUT2D eigenvalue weighted by Gasteiger charge is 2.21. The average molecular weight is 320 g/mol. The second-order valence-corrected chi connectivity index (χ2v) is 7.95. The van der Waals surface area contributed by atoms with Crippen LogP contribution in [0.1, 0.15) is 30.7 Å². The fourth-order valence-corrected chi connectivity index (χ4v) is 3.61. The normalized spacial score (nSPS) is 12.3. The quantitative estimate of drug-likeness (QED) is 0.821. The van der Waals surface area contributed by atoms with Gasteiger partial charge in [0.15, 0.2) is 0 Å². The fraction of sp³-hybridized carbons (Fsp3) is 0.412. The van der Waals surface area contributed by atoms with E-state index in [4.69, 9.17) is 0 Å². The molecule has 2 aromatic rings.